The van der Waals surface area contributed by atoms with E-state index in [-0.39, 0.29) is 24.6 Å². The molecule has 1 aliphatic carbocycles. The summed E-state index contributed by atoms with van der Waals surface area (Å²) in [5.41, 5.74) is 1.94. The summed E-state index contributed by atoms with van der Waals surface area (Å²) in [6.45, 7) is 2.24. The van der Waals surface area contributed by atoms with Crippen molar-refractivity contribution in [2.75, 3.05) is 6.61 Å². The van der Waals surface area contributed by atoms with E-state index < -0.39 is 0 Å². The molecule has 2 aromatic rings. The van der Waals surface area contributed by atoms with Crippen LogP contribution in [-0.2, 0) is 20.7 Å². The lowest BCUT2D eigenvalue weighted by molar-refractivity contribution is -0.149. The maximum Gasteiger partial charge on any atom is 0.308 e. The molecule has 4 nitrogen and oxygen atoms in total. The van der Waals surface area contributed by atoms with Gasteiger partial charge in [0.2, 0.25) is 0 Å². The summed E-state index contributed by atoms with van der Waals surface area (Å²) < 4.78 is 17.8. The molecule has 0 radical (unpaired) electrons. The second-order valence-electron chi connectivity index (χ2n) is 7.21. The highest BCUT2D eigenvalue weighted by atomic mass is 16.5. The fraction of sp³-hybridized carbons (Fsp3) is 0.571. The van der Waals surface area contributed by atoms with E-state index in [1.165, 1.54) is 32.1 Å². The second kappa shape index (κ2) is 7.20. The number of fused-ring (bicyclic) bond motifs is 3. The monoisotopic (exact) mass is 342 g/mol. The lowest BCUT2D eigenvalue weighted by atomic mass is 9.81. The molecular weight excluding hydrogens is 316 g/mol. The van der Waals surface area contributed by atoms with Gasteiger partial charge in [-0.2, -0.15) is 0 Å². The molecule has 1 aromatic heterocycles. The summed E-state index contributed by atoms with van der Waals surface area (Å²) in [6, 6.07) is 8.04. The first-order valence-electron chi connectivity index (χ1n) is 9.57. The minimum atomic E-state index is -0.265. The van der Waals surface area contributed by atoms with E-state index in [0.717, 1.165) is 28.7 Å². The second-order valence-corrected chi connectivity index (χ2v) is 7.21. The number of para-hydroxylation sites is 1. The van der Waals surface area contributed by atoms with Crippen LogP contribution in [0.15, 0.2) is 28.7 Å². The standard InChI is InChI=1S/C21H26O4/c1-2-23-20(22)13-19-21-15-10-6-7-11-16(15)24-18(21)12-17(25-19)14-8-4-3-5-9-14/h6-7,10-11,14,17,19H,2-5,8-9,12-13H2,1H3/t17-,19-/m0/s1. The molecule has 25 heavy (non-hydrogen) atoms. The van der Waals surface area contributed by atoms with E-state index in [4.69, 9.17) is 13.9 Å². The minimum Gasteiger partial charge on any atom is -0.466 e. The summed E-state index contributed by atoms with van der Waals surface area (Å²) in [4.78, 5) is 12.1. The van der Waals surface area contributed by atoms with Gasteiger partial charge in [0, 0.05) is 17.4 Å². The maximum atomic E-state index is 12.1. The van der Waals surface area contributed by atoms with Crippen molar-refractivity contribution in [3.05, 3.63) is 35.6 Å². The molecule has 4 heteroatoms. The lowest BCUT2D eigenvalue weighted by Crippen LogP contribution is -2.34. The van der Waals surface area contributed by atoms with E-state index in [1.807, 2.05) is 25.1 Å². The van der Waals surface area contributed by atoms with Crippen molar-refractivity contribution in [3.63, 3.8) is 0 Å². The summed E-state index contributed by atoms with van der Waals surface area (Å²) >= 11 is 0. The quantitative estimate of drug-likeness (QED) is 0.738. The van der Waals surface area contributed by atoms with Crippen molar-refractivity contribution in [1.82, 2.24) is 0 Å². The number of hydrogen-bond donors (Lipinski definition) is 0. The normalized spacial score (nSPS) is 24.2. The van der Waals surface area contributed by atoms with Gasteiger partial charge < -0.3 is 13.9 Å². The van der Waals surface area contributed by atoms with Crippen LogP contribution in [0.2, 0.25) is 0 Å². The van der Waals surface area contributed by atoms with E-state index >= 15 is 0 Å². The van der Waals surface area contributed by atoms with Gasteiger partial charge in [-0.15, -0.1) is 0 Å². The molecule has 0 bridgehead atoms. The van der Waals surface area contributed by atoms with E-state index in [0.29, 0.717) is 12.5 Å². The number of ether oxygens (including phenoxy) is 2. The van der Waals surface area contributed by atoms with Crippen molar-refractivity contribution in [1.29, 1.82) is 0 Å². The number of benzene rings is 1. The third kappa shape index (κ3) is 3.32. The molecule has 2 heterocycles. The Hall–Kier alpha value is -1.81. The third-order valence-electron chi connectivity index (χ3n) is 5.59. The number of carbonyl (C=O) groups is 1. The largest absolute Gasteiger partial charge is 0.466 e. The van der Waals surface area contributed by atoms with Crippen LogP contribution in [0.5, 0.6) is 0 Å². The minimum absolute atomic E-state index is 0.146. The van der Waals surface area contributed by atoms with Gasteiger partial charge in [0.05, 0.1) is 25.2 Å². The molecule has 1 aromatic carbocycles. The highest BCUT2D eigenvalue weighted by molar-refractivity contribution is 5.84. The summed E-state index contributed by atoms with van der Waals surface area (Å²) in [6.07, 6.45) is 7.26. The summed E-state index contributed by atoms with van der Waals surface area (Å²) in [7, 11) is 0. The molecular formula is C21H26O4. The average molecular weight is 342 g/mol. The molecule has 134 valence electrons. The molecule has 0 N–H and O–H groups in total. The molecule has 2 aliphatic rings. The number of hydrogen-bond acceptors (Lipinski definition) is 4. The summed E-state index contributed by atoms with van der Waals surface area (Å²) in [5, 5.41) is 1.06. The van der Waals surface area contributed by atoms with Crippen LogP contribution in [0.3, 0.4) is 0 Å². The molecule has 0 saturated heterocycles. The number of furan rings is 1. The Balaban J connectivity index is 1.66. The van der Waals surface area contributed by atoms with Crippen LogP contribution >= 0.6 is 0 Å². The van der Waals surface area contributed by atoms with E-state index in [9.17, 15) is 4.79 Å². The van der Waals surface area contributed by atoms with Gasteiger partial charge in [-0.05, 0) is 31.7 Å². The van der Waals surface area contributed by atoms with Crippen molar-refractivity contribution in [3.8, 4) is 0 Å². The Morgan fingerprint density at radius 1 is 1.20 bits per heavy atom. The first-order chi connectivity index (χ1) is 12.3. The Bertz CT molecular complexity index is 741. The topological polar surface area (TPSA) is 48.7 Å². The average Bonchev–Trinajstić information content (AvgIpc) is 3.01. The first kappa shape index (κ1) is 16.6. The van der Waals surface area contributed by atoms with Gasteiger partial charge in [-0.3, -0.25) is 4.79 Å². The Kier molecular flexibility index (Phi) is 4.80. The Labute approximate surface area is 148 Å². The number of rotatable bonds is 4. The Morgan fingerprint density at radius 3 is 2.80 bits per heavy atom. The predicted octanol–water partition coefficient (Wildman–Crippen LogP) is 4.95. The smallest absolute Gasteiger partial charge is 0.308 e. The van der Waals surface area contributed by atoms with Gasteiger partial charge in [0.15, 0.2) is 0 Å². The van der Waals surface area contributed by atoms with Crippen LogP contribution in [-0.4, -0.2) is 18.7 Å². The summed E-state index contributed by atoms with van der Waals surface area (Å²) in [5.74, 6) is 1.37. The molecule has 2 atom stereocenters. The lowest BCUT2D eigenvalue weighted by Gasteiger charge is -2.36. The fourth-order valence-corrected chi connectivity index (χ4v) is 4.44. The highest BCUT2D eigenvalue weighted by Crippen LogP contribution is 2.43. The fourth-order valence-electron chi connectivity index (χ4n) is 4.44. The number of esters is 1. The zero-order valence-electron chi connectivity index (χ0n) is 14.8. The molecule has 4 rings (SSSR count). The molecule has 1 fully saturated rings. The van der Waals surface area contributed by atoms with Gasteiger partial charge >= 0.3 is 5.97 Å². The highest BCUT2D eigenvalue weighted by Gasteiger charge is 2.37. The van der Waals surface area contributed by atoms with Crippen LogP contribution in [0.4, 0.5) is 0 Å². The molecule has 1 saturated carbocycles. The number of carbonyl (C=O) groups excluding carboxylic acids is 1. The van der Waals surface area contributed by atoms with Gasteiger partial charge in [-0.1, -0.05) is 37.5 Å². The van der Waals surface area contributed by atoms with Crippen LogP contribution < -0.4 is 0 Å². The zero-order valence-corrected chi connectivity index (χ0v) is 14.8. The van der Waals surface area contributed by atoms with Crippen molar-refractivity contribution in [2.45, 2.75) is 64.1 Å². The predicted molar refractivity (Wildman–Crippen MR) is 95.4 cm³/mol. The molecule has 0 unspecified atom stereocenters. The van der Waals surface area contributed by atoms with Gasteiger partial charge in [-0.25, -0.2) is 0 Å². The molecule has 1 aliphatic heterocycles. The van der Waals surface area contributed by atoms with Gasteiger partial charge in [0.25, 0.3) is 0 Å². The van der Waals surface area contributed by atoms with Crippen molar-refractivity contribution < 1.29 is 18.7 Å². The Morgan fingerprint density at radius 2 is 2.00 bits per heavy atom. The third-order valence-corrected chi connectivity index (χ3v) is 5.59. The molecule has 0 spiro atoms. The van der Waals surface area contributed by atoms with E-state index in [2.05, 4.69) is 6.07 Å². The van der Waals surface area contributed by atoms with Crippen LogP contribution in [0, 0.1) is 5.92 Å². The van der Waals surface area contributed by atoms with Crippen molar-refractivity contribution in [2.24, 2.45) is 5.92 Å². The van der Waals surface area contributed by atoms with Crippen LogP contribution in [0.25, 0.3) is 11.0 Å². The zero-order chi connectivity index (χ0) is 17.2. The molecule has 0 amide bonds. The van der Waals surface area contributed by atoms with Crippen LogP contribution in [0.1, 0.15) is 62.9 Å². The first-order valence-corrected chi connectivity index (χ1v) is 9.57. The maximum absolute atomic E-state index is 12.1. The SMILES string of the molecule is CCOC(=O)C[C@@H]1O[C@H](C2CCCCC2)Cc2oc3ccccc3c21. The van der Waals surface area contributed by atoms with E-state index in [1.54, 1.807) is 0 Å². The van der Waals surface area contributed by atoms with Gasteiger partial charge in [0.1, 0.15) is 11.3 Å². The van der Waals surface area contributed by atoms with Crippen molar-refractivity contribution >= 4 is 16.9 Å².